The number of amides is 1. The first kappa shape index (κ1) is 21.3. The molecule has 0 aliphatic rings. The molecule has 0 unspecified atom stereocenters. The highest BCUT2D eigenvalue weighted by Gasteiger charge is 2.33. The number of carbonyl (C=O) groups excluding carboxylic acids is 1. The van der Waals surface area contributed by atoms with E-state index in [1.54, 1.807) is 24.3 Å². The summed E-state index contributed by atoms with van der Waals surface area (Å²) in [6.07, 6.45) is -4.63. The van der Waals surface area contributed by atoms with Gasteiger partial charge >= 0.3 is 6.18 Å². The minimum atomic E-state index is -4.63. The van der Waals surface area contributed by atoms with Gasteiger partial charge in [-0.25, -0.2) is 4.68 Å². The molecule has 0 aliphatic carbocycles. The van der Waals surface area contributed by atoms with Crippen molar-refractivity contribution in [2.75, 3.05) is 16.9 Å². The summed E-state index contributed by atoms with van der Waals surface area (Å²) in [5.41, 5.74) is -0.414. The van der Waals surface area contributed by atoms with Crippen molar-refractivity contribution >= 4 is 46.6 Å². The lowest BCUT2D eigenvalue weighted by Gasteiger charge is -2.11. The highest BCUT2D eigenvalue weighted by Crippen LogP contribution is 2.36. The fourth-order valence-corrected chi connectivity index (χ4v) is 3.42. The Hall–Kier alpha value is -2.43. The second kappa shape index (κ2) is 8.52. The Morgan fingerprint density at radius 1 is 1.17 bits per heavy atom. The van der Waals surface area contributed by atoms with Crippen LogP contribution in [0.2, 0.25) is 10.0 Å². The number of alkyl halides is 3. The minimum Gasteiger partial charge on any atom is -0.335 e. The number of rotatable bonds is 5. The molecule has 0 atom stereocenters. The molecule has 0 radical (unpaired) electrons. The number of nitrogens with two attached hydrogens (primary N) is 1. The molecule has 0 spiro atoms. The van der Waals surface area contributed by atoms with Crippen molar-refractivity contribution in [1.29, 1.82) is 0 Å². The molecular weight excluding hydrogens is 450 g/mol. The predicted octanol–water partition coefficient (Wildman–Crippen LogP) is 4.72. The molecule has 3 aromatic rings. The molecule has 29 heavy (non-hydrogen) atoms. The van der Waals surface area contributed by atoms with Crippen molar-refractivity contribution in [3.8, 4) is 11.4 Å². The molecule has 1 aromatic heterocycles. The summed E-state index contributed by atoms with van der Waals surface area (Å²) in [6, 6.07) is 9.96. The van der Waals surface area contributed by atoms with Gasteiger partial charge in [-0.15, -0.1) is 10.2 Å². The van der Waals surface area contributed by atoms with Gasteiger partial charge in [-0.05, 0) is 30.3 Å². The molecule has 3 N–H and O–H groups in total. The molecule has 0 aliphatic heterocycles. The third-order valence-corrected chi connectivity index (χ3v) is 5.14. The van der Waals surface area contributed by atoms with E-state index in [4.69, 9.17) is 29.0 Å². The quantitative estimate of drug-likeness (QED) is 0.424. The Morgan fingerprint density at radius 2 is 1.93 bits per heavy atom. The largest absolute Gasteiger partial charge is 0.417 e. The number of halogens is 5. The number of thioether (sulfide) groups is 1. The lowest BCUT2D eigenvalue weighted by atomic mass is 10.2. The molecule has 0 bridgehead atoms. The second-order valence-corrected chi connectivity index (χ2v) is 7.50. The number of nitrogens with one attached hydrogen (secondary N) is 1. The number of nitrogens with zero attached hydrogens (tertiary/aromatic N) is 3. The van der Waals surface area contributed by atoms with Crippen LogP contribution < -0.4 is 11.2 Å². The fraction of sp³-hybridized carbons (Fsp3) is 0.118. The molecule has 0 saturated carbocycles. The van der Waals surface area contributed by atoms with E-state index in [2.05, 4.69) is 15.5 Å². The maximum Gasteiger partial charge on any atom is 0.417 e. The Bertz CT molecular complexity index is 1060. The van der Waals surface area contributed by atoms with E-state index in [-0.39, 0.29) is 16.6 Å². The number of nitrogen functional groups attached to an aromatic ring is 1. The molecule has 12 heteroatoms. The molecule has 0 fully saturated rings. The van der Waals surface area contributed by atoms with Gasteiger partial charge in [0.15, 0.2) is 5.82 Å². The monoisotopic (exact) mass is 461 g/mol. The van der Waals surface area contributed by atoms with Gasteiger partial charge in [0.25, 0.3) is 0 Å². The highest BCUT2D eigenvalue weighted by molar-refractivity contribution is 7.99. The van der Waals surface area contributed by atoms with Gasteiger partial charge in [0, 0.05) is 16.3 Å². The first-order valence-corrected chi connectivity index (χ1v) is 9.65. The first-order valence-electron chi connectivity index (χ1n) is 7.91. The minimum absolute atomic E-state index is 0.0267. The summed E-state index contributed by atoms with van der Waals surface area (Å²) in [6.45, 7) is 0. The third-order valence-electron chi connectivity index (χ3n) is 3.64. The van der Waals surface area contributed by atoms with Gasteiger partial charge < -0.3 is 11.2 Å². The number of anilines is 1. The van der Waals surface area contributed by atoms with Crippen molar-refractivity contribution in [2.45, 2.75) is 11.3 Å². The van der Waals surface area contributed by atoms with E-state index in [0.717, 1.165) is 23.9 Å². The van der Waals surface area contributed by atoms with Crippen LogP contribution >= 0.6 is 35.0 Å². The number of hydrogen-bond donors (Lipinski definition) is 2. The van der Waals surface area contributed by atoms with E-state index in [1.807, 2.05) is 0 Å². The van der Waals surface area contributed by atoms with Crippen LogP contribution in [0, 0.1) is 0 Å². The van der Waals surface area contributed by atoms with Crippen LogP contribution in [0.3, 0.4) is 0 Å². The van der Waals surface area contributed by atoms with Crippen LogP contribution in [0.5, 0.6) is 0 Å². The van der Waals surface area contributed by atoms with Gasteiger partial charge in [-0.1, -0.05) is 47.1 Å². The Balaban J connectivity index is 1.66. The first-order chi connectivity index (χ1) is 13.6. The maximum absolute atomic E-state index is 12.9. The zero-order chi connectivity index (χ0) is 21.2. The van der Waals surface area contributed by atoms with Crippen LogP contribution in [0.25, 0.3) is 11.4 Å². The van der Waals surface area contributed by atoms with E-state index in [0.29, 0.717) is 16.4 Å². The third kappa shape index (κ3) is 5.14. The van der Waals surface area contributed by atoms with E-state index in [9.17, 15) is 18.0 Å². The van der Waals surface area contributed by atoms with Gasteiger partial charge in [0.05, 0.1) is 16.3 Å². The average molecular weight is 462 g/mol. The molecule has 1 amide bonds. The summed E-state index contributed by atoms with van der Waals surface area (Å²) in [5, 5.41) is 10.6. The molecule has 6 nitrogen and oxygen atoms in total. The lowest BCUT2D eigenvalue weighted by molar-refractivity contribution is -0.137. The van der Waals surface area contributed by atoms with Gasteiger partial charge in [0.2, 0.25) is 11.1 Å². The summed E-state index contributed by atoms with van der Waals surface area (Å²) in [4.78, 5) is 12.1. The topological polar surface area (TPSA) is 85.8 Å². The van der Waals surface area contributed by atoms with Gasteiger partial charge in [0.1, 0.15) is 0 Å². The van der Waals surface area contributed by atoms with Crippen LogP contribution in [-0.2, 0) is 11.0 Å². The number of hydrogen-bond acceptors (Lipinski definition) is 5. The van der Waals surface area contributed by atoms with Crippen LogP contribution in [-0.4, -0.2) is 26.5 Å². The van der Waals surface area contributed by atoms with E-state index >= 15 is 0 Å². The standard InChI is InChI=1S/C17H12Cl2F3N5OS/c18-10-3-1-2-9(6-10)15-25-26-16(27(15)23)29-8-14(28)24-11-4-5-13(19)12(7-11)17(20,21)22/h1-7H,8,23H2,(H,24,28). The zero-order valence-electron chi connectivity index (χ0n) is 14.4. The predicted molar refractivity (Wildman–Crippen MR) is 106 cm³/mol. The summed E-state index contributed by atoms with van der Waals surface area (Å²) in [5.74, 6) is 5.63. The van der Waals surface area contributed by atoms with Crippen LogP contribution in [0.4, 0.5) is 18.9 Å². The fourth-order valence-electron chi connectivity index (χ4n) is 2.35. The van der Waals surface area contributed by atoms with Crippen molar-refractivity contribution < 1.29 is 18.0 Å². The summed E-state index contributed by atoms with van der Waals surface area (Å²) >= 11 is 12.5. The lowest BCUT2D eigenvalue weighted by Crippen LogP contribution is -2.17. The Morgan fingerprint density at radius 3 is 2.62 bits per heavy atom. The molecule has 0 saturated heterocycles. The Kier molecular flexibility index (Phi) is 6.25. The SMILES string of the molecule is Nn1c(SCC(=O)Nc2ccc(Cl)c(C(F)(F)F)c2)nnc1-c1cccc(Cl)c1. The second-order valence-electron chi connectivity index (χ2n) is 5.72. The van der Waals surface area contributed by atoms with E-state index in [1.165, 1.54) is 10.7 Å². The van der Waals surface area contributed by atoms with Crippen molar-refractivity contribution in [2.24, 2.45) is 0 Å². The zero-order valence-corrected chi connectivity index (χ0v) is 16.7. The van der Waals surface area contributed by atoms with Crippen molar-refractivity contribution in [3.63, 3.8) is 0 Å². The maximum atomic E-state index is 12.9. The van der Waals surface area contributed by atoms with Gasteiger partial charge in [-0.3, -0.25) is 4.79 Å². The Labute approximate surface area is 177 Å². The van der Waals surface area contributed by atoms with Crippen molar-refractivity contribution in [1.82, 2.24) is 14.9 Å². The average Bonchev–Trinajstić information content (AvgIpc) is 3.01. The molecule has 3 rings (SSSR count). The number of benzene rings is 2. The smallest absolute Gasteiger partial charge is 0.335 e. The van der Waals surface area contributed by atoms with Crippen molar-refractivity contribution in [3.05, 3.63) is 58.1 Å². The molecule has 2 aromatic carbocycles. The van der Waals surface area contributed by atoms with Gasteiger partial charge in [-0.2, -0.15) is 13.2 Å². The molecule has 152 valence electrons. The number of carbonyl (C=O) groups is 1. The summed E-state index contributed by atoms with van der Waals surface area (Å²) in [7, 11) is 0. The molecular formula is C17H12Cl2F3N5OS. The van der Waals surface area contributed by atoms with Crippen LogP contribution in [0.15, 0.2) is 47.6 Å². The highest BCUT2D eigenvalue weighted by atomic mass is 35.5. The summed E-state index contributed by atoms with van der Waals surface area (Å²) < 4.78 is 39.9. The van der Waals surface area contributed by atoms with Crippen LogP contribution in [0.1, 0.15) is 5.56 Å². The number of aromatic nitrogens is 3. The van der Waals surface area contributed by atoms with E-state index < -0.39 is 22.7 Å². The normalized spacial score (nSPS) is 11.5. The molecule has 1 heterocycles.